The Kier molecular flexibility index (Phi) is 7.54. The van der Waals surface area contributed by atoms with Gasteiger partial charge in [0, 0.05) is 0 Å². The molecule has 1 N–H and O–H groups in total. The van der Waals surface area contributed by atoms with Crippen molar-refractivity contribution in [2.24, 2.45) is 0 Å². The van der Waals surface area contributed by atoms with Gasteiger partial charge in [0.1, 0.15) is 0 Å². The molecule has 4 heteroatoms. The molecule has 0 aliphatic heterocycles. The third kappa shape index (κ3) is 6.47. The molecule has 0 saturated heterocycles. The Morgan fingerprint density at radius 3 is 2.60 bits per heavy atom. The van der Waals surface area contributed by atoms with Crippen LogP contribution in [0.1, 0.15) is 58.3 Å². The largest absolute Gasteiger partial charge is 0.330 e. The Labute approximate surface area is 94.2 Å². The summed E-state index contributed by atoms with van der Waals surface area (Å²) in [6, 6.07) is 0. The summed E-state index contributed by atoms with van der Waals surface area (Å²) in [7, 11) is -1.62. The van der Waals surface area contributed by atoms with Crippen LogP contribution in [-0.4, -0.2) is 17.6 Å². The van der Waals surface area contributed by atoms with Crippen LogP contribution in [0, 0.1) is 0 Å². The fourth-order valence-electron chi connectivity index (χ4n) is 1.82. The third-order valence-corrected chi connectivity index (χ3v) is 3.62. The highest BCUT2D eigenvalue weighted by molar-refractivity contribution is 7.40. The lowest BCUT2D eigenvalue weighted by atomic mass is 9.98. The van der Waals surface area contributed by atoms with Gasteiger partial charge in [0.25, 0.3) is 0 Å². The average Bonchev–Trinajstić information content (AvgIpc) is 2.26. The number of hydrogen-bond acceptors (Lipinski definition) is 3. The van der Waals surface area contributed by atoms with Crippen molar-refractivity contribution >= 4 is 8.60 Å². The molecule has 1 aliphatic rings. The van der Waals surface area contributed by atoms with E-state index in [1.165, 1.54) is 25.7 Å². The lowest BCUT2D eigenvalue weighted by molar-refractivity contribution is 0.113. The second-order valence-electron chi connectivity index (χ2n) is 4.14. The van der Waals surface area contributed by atoms with Crippen LogP contribution in [0.4, 0.5) is 0 Å². The molecule has 90 valence electrons. The summed E-state index contributed by atoms with van der Waals surface area (Å²) in [5.74, 6) is 0. The number of rotatable bonds is 7. The Bertz CT molecular complexity index is 149. The van der Waals surface area contributed by atoms with Gasteiger partial charge in [-0.05, 0) is 19.3 Å². The van der Waals surface area contributed by atoms with Crippen molar-refractivity contribution in [2.45, 2.75) is 64.4 Å². The van der Waals surface area contributed by atoms with E-state index in [1.807, 2.05) is 0 Å². The number of unbranched alkanes of at least 4 members (excludes halogenated alkanes) is 2. The zero-order chi connectivity index (χ0) is 10.9. The minimum atomic E-state index is -1.62. The van der Waals surface area contributed by atoms with Crippen LogP contribution in [0.5, 0.6) is 0 Å². The molecule has 15 heavy (non-hydrogen) atoms. The van der Waals surface area contributed by atoms with Crippen LogP contribution < -0.4 is 0 Å². The maximum Gasteiger partial charge on any atom is 0.330 e. The minimum absolute atomic E-state index is 0.237. The highest BCUT2D eigenvalue weighted by Gasteiger charge is 2.18. The van der Waals surface area contributed by atoms with Crippen molar-refractivity contribution < 1.29 is 13.9 Å². The Hall–Kier alpha value is 0.310. The molecule has 1 unspecified atom stereocenters. The van der Waals surface area contributed by atoms with Gasteiger partial charge in [0.05, 0.1) is 12.7 Å². The lowest BCUT2D eigenvalue weighted by Crippen LogP contribution is -2.14. The van der Waals surface area contributed by atoms with Gasteiger partial charge in [-0.3, -0.25) is 0 Å². The molecule has 0 aromatic carbocycles. The predicted molar refractivity (Wildman–Crippen MR) is 62.6 cm³/mol. The predicted octanol–water partition coefficient (Wildman–Crippen LogP) is 3.76. The van der Waals surface area contributed by atoms with E-state index in [-0.39, 0.29) is 6.10 Å². The first kappa shape index (κ1) is 13.4. The van der Waals surface area contributed by atoms with Gasteiger partial charge >= 0.3 is 8.60 Å². The van der Waals surface area contributed by atoms with E-state index in [4.69, 9.17) is 9.05 Å². The van der Waals surface area contributed by atoms with Gasteiger partial charge in [-0.15, -0.1) is 0 Å². The molecule has 1 atom stereocenters. The molecule has 0 spiro atoms. The molecule has 0 aromatic rings. The van der Waals surface area contributed by atoms with Crippen molar-refractivity contribution in [3.05, 3.63) is 0 Å². The van der Waals surface area contributed by atoms with Crippen molar-refractivity contribution in [1.29, 1.82) is 0 Å². The van der Waals surface area contributed by atoms with Crippen LogP contribution in [0.3, 0.4) is 0 Å². The van der Waals surface area contributed by atoms with E-state index in [1.54, 1.807) is 0 Å². The van der Waals surface area contributed by atoms with E-state index < -0.39 is 8.60 Å². The second-order valence-corrected chi connectivity index (χ2v) is 5.09. The Balaban J connectivity index is 1.98. The summed E-state index contributed by atoms with van der Waals surface area (Å²) in [5.41, 5.74) is 0. The van der Waals surface area contributed by atoms with E-state index in [0.717, 1.165) is 25.7 Å². The molecule has 0 heterocycles. The molecule has 0 aromatic heterocycles. The van der Waals surface area contributed by atoms with Crippen molar-refractivity contribution in [3.8, 4) is 0 Å². The summed E-state index contributed by atoms with van der Waals surface area (Å²) >= 11 is 0. The van der Waals surface area contributed by atoms with Gasteiger partial charge in [-0.25, -0.2) is 0 Å². The van der Waals surface area contributed by atoms with Crippen molar-refractivity contribution in [3.63, 3.8) is 0 Å². The fourth-order valence-corrected chi connectivity index (χ4v) is 2.64. The Morgan fingerprint density at radius 2 is 1.93 bits per heavy atom. The van der Waals surface area contributed by atoms with Crippen LogP contribution in [-0.2, 0) is 9.05 Å². The van der Waals surface area contributed by atoms with E-state index in [2.05, 4.69) is 6.92 Å². The standard InChI is InChI=1S/C11H23O3P/c1-2-3-7-10-13-15(12)14-11-8-5-4-6-9-11/h11-12H,2-10H2,1H3. The monoisotopic (exact) mass is 234 g/mol. The zero-order valence-corrected chi connectivity index (χ0v) is 10.5. The minimum Gasteiger partial charge on any atom is -0.328 e. The first-order valence-corrected chi connectivity index (χ1v) is 7.24. The maximum absolute atomic E-state index is 9.52. The van der Waals surface area contributed by atoms with E-state index >= 15 is 0 Å². The van der Waals surface area contributed by atoms with E-state index in [9.17, 15) is 4.89 Å². The molecule has 1 fully saturated rings. The maximum atomic E-state index is 9.52. The molecule has 1 rings (SSSR count). The number of hydrogen-bond donors (Lipinski definition) is 1. The lowest BCUT2D eigenvalue weighted by Gasteiger charge is -2.23. The fraction of sp³-hybridized carbons (Fsp3) is 1.00. The van der Waals surface area contributed by atoms with Crippen LogP contribution in [0.25, 0.3) is 0 Å². The highest BCUT2D eigenvalue weighted by atomic mass is 31.2. The molecule has 1 saturated carbocycles. The Morgan fingerprint density at radius 1 is 1.20 bits per heavy atom. The highest BCUT2D eigenvalue weighted by Crippen LogP contribution is 2.38. The first-order valence-electron chi connectivity index (χ1n) is 6.11. The first-order chi connectivity index (χ1) is 7.33. The summed E-state index contributed by atoms with van der Waals surface area (Å²) in [6.45, 7) is 2.78. The summed E-state index contributed by atoms with van der Waals surface area (Å²) < 4.78 is 10.7. The summed E-state index contributed by atoms with van der Waals surface area (Å²) in [6.07, 6.45) is 9.51. The third-order valence-electron chi connectivity index (χ3n) is 2.74. The van der Waals surface area contributed by atoms with Crippen LogP contribution in [0.15, 0.2) is 0 Å². The molecule has 3 nitrogen and oxygen atoms in total. The van der Waals surface area contributed by atoms with E-state index in [0.29, 0.717) is 6.61 Å². The van der Waals surface area contributed by atoms with Crippen LogP contribution >= 0.6 is 8.60 Å². The van der Waals surface area contributed by atoms with Gasteiger partial charge in [-0.1, -0.05) is 39.0 Å². The van der Waals surface area contributed by atoms with Crippen molar-refractivity contribution in [1.82, 2.24) is 0 Å². The quantitative estimate of drug-likeness (QED) is 0.538. The zero-order valence-electron chi connectivity index (χ0n) is 9.65. The average molecular weight is 234 g/mol. The summed E-state index contributed by atoms with van der Waals surface area (Å²) in [5, 5.41) is 0. The molecular formula is C11H23O3P. The van der Waals surface area contributed by atoms with Gasteiger partial charge < -0.3 is 13.9 Å². The molecule has 0 radical (unpaired) electrons. The molecule has 1 aliphatic carbocycles. The van der Waals surface area contributed by atoms with Gasteiger partial charge in [-0.2, -0.15) is 0 Å². The van der Waals surface area contributed by atoms with Gasteiger partial charge in [0.15, 0.2) is 0 Å². The van der Waals surface area contributed by atoms with Crippen LogP contribution in [0.2, 0.25) is 0 Å². The van der Waals surface area contributed by atoms with Gasteiger partial charge in [0.2, 0.25) is 0 Å². The topological polar surface area (TPSA) is 38.7 Å². The smallest absolute Gasteiger partial charge is 0.328 e. The second kappa shape index (κ2) is 8.46. The molecule has 0 bridgehead atoms. The summed E-state index contributed by atoms with van der Waals surface area (Å²) in [4.78, 5) is 9.52. The normalized spacial score (nSPS) is 20.4. The molecular weight excluding hydrogens is 211 g/mol. The molecule has 0 amide bonds. The van der Waals surface area contributed by atoms with Crippen molar-refractivity contribution in [2.75, 3.05) is 6.61 Å². The SMILES string of the molecule is CCCCCOP(O)OC1CCCCC1.